The highest BCUT2D eigenvalue weighted by atomic mass is 16.5. The molecule has 0 aromatic rings. The first kappa shape index (κ1) is 10.5. The summed E-state index contributed by atoms with van der Waals surface area (Å²) in [5, 5.41) is 12.0. The Morgan fingerprint density at radius 2 is 2.46 bits per heavy atom. The third-order valence-electron chi connectivity index (χ3n) is 2.49. The summed E-state index contributed by atoms with van der Waals surface area (Å²) in [5.74, 6) is -1.04. The van der Waals surface area contributed by atoms with Gasteiger partial charge in [0.1, 0.15) is 0 Å². The zero-order chi connectivity index (χ0) is 9.84. The van der Waals surface area contributed by atoms with Crippen LogP contribution in [0.4, 0.5) is 0 Å². The molecule has 0 amide bonds. The van der Waals surface area contributed by atoms with E-state index in [4.69, 9.17) is 9.84 Å². The van der Waals surface area contributed by atoms with Gasteiger partial charge in [0.25, 0.3) is 0 Å². The van der Waals surface area contributed by atoms with E-state index in [-0.39, 0.29) is 18.1 Å². The van der Waals surface area contributed by atoms with E-state index in [1.54, 1.807) is 6.92 Å². The van der Waals surface area contributed by atoms with Crippen molar-refractivity contribution in [1.82, 2.24) is 5.32 Å². The predicted molar refractivity (Wildman–Crippen MR) is 48.6 cm³/mol. The molecule has 1 saturated heterocycles. The SMILES string of the molecule is CC(C[C@H]1NCCO[C@@H]1C)C(=O)O. The van der Waals surface area contributed by atoms with Gasteiger partial charge in [0.05, 0.1) is 18.6 Å². The van der Waals surface area contributed by atoms with Crippen LogP contribution in [0.3, 0.4) is 0 Å². The number of aliphatic carboxylic acids is 1. The van der Waals surface area contributed by atoms with Crippen molar-refractivity contribution < 1.29 is 14.6 Å². The third kappa shape index (κ3) is 2.97. The Morgan fingerprint density at radius 3 is 3.00 bits per heavy atom. The molecule has 0 saturated carbocycles. The van der Waals surface area contributed by atoms with Crippen LogP contribution in [-0.4, -0.2) is 36.4 Å². The second kappa shape index (κ2) is 4.58. The van der Waals surface area contributed by atoms with Crippen molar-refractivity contribution in [1.29, 1.82) is 0 Å². The summed E-state index contributed by atoms with van der Waals surface area (Å²) >= 11 is 0. The van der Waals surface area contributed by atoms with E-state index >= 15 is 0 Å². The average molecular weight is 187 g/mol. The lowest BCUT2D eigenvalue weighted by Gasteiger charge is -2.31. The van der Waals surface area contributed by atoms with E-state index in [1.807, 2.05) is 6.92 Å². The van der Waals surface area contributed by atoms with Gasteiger partial charge in [0.2, 0.25) is 0 Å². The number of morpholine rings is 1. The lowest BCUT2D eigenvalue weighted by molar-refractivity contribution is -0.142. The van der Waals surface area contributed by atoms with Gasteiger partial charge < -0.3 is 15.2 Å². The van der Waals surface area contributed by atoms with Crippen LogP contribution >= 0.6 is 0 Å². The normalized spacial score (nSPS) is 31.2. The molecule has 0 aromatic carbocycles. The molecule has 1 fully saturated rings. The molecule has 13 heavy (non-hydrogen) atoms. The van der Waals surface area contributed by atoms with E-state index in [2.05, 4.69) is 5.32 Å². The fraction of sp³-hybridized carbons (Fsp3) is 0.889. The van der Waals surface area contributed by atoms with Crippen LogP contribution in [0.1, 0.15) is 20.3 Å². The minimum absolute atomic E-state index is 0.121. The molecule has 0 aromatic heterocycles. The molecule has 0 aliphatic carbocycles. The Hall–Kier alpha value is -0.610. The van der Waals surface area contributed by atoms with Crippen LogP contribution in [0.5, 0.6) is 0 Å². The monoisotopic (exact) mass is 187 g/mol. The number of hydrogen-bond donors (Lipinski definition) is 2. The molecule has 1 unspecified atom stereocenters. The van der Waals surface area contributed by atoms with Crippen LogP contribution < -0.4 is 5.32 Å². The molecule has 1 aliphatic heterocycles. The predicted octanol–water partition coefficient (Wildman–Crippen LogP) is 0.474. The largest absolute Gasteiger partial charge is 0.481 e. The van der Waals surface area contributed by atoms with Crippen molar-refractivity contribution in [2.45, 2.75) is 32.4 Å². The van der Waals surface area contributed by atoms with Crippen molar-refractivity contribution in [3.05, 3.63) is 0 Å². The van der Waals surface area contributed by atoms with Gasteiger partial charge in [-0.1, -0.05) is 6.92 Å². The average Bonchev–Trinajstić information content (AvgIpc) is 2.08. The highest BCUT2D eigenvalue weighted by molar-refractivity contribution is 5.69. The summed E-state index contributed by atoms with van der Waals surface area (Å²) in [6, 6.07) is 0.180. The number of rotatable bonds is 3. The van der Waals surface area contributed by atoms with Crippen molar-refractivity contribution >= 4 is 5.97 Å². The standard InChI is InChI=1S/C9H17NO3/c1-6(9(11)12)5-8-7(2)13-4-3-10-8/h6-8,10H,3-5H2,1-2H3,(H,11,12)/t6?,7-,8-/m1/s1. The molecule has 0 spiro atoms. The number of nitrogens with one attached hydrogen (secondary N) is 1. The second-order valence-electron chi connectivity index (χ2n) is 3.61. The maximum absolute atomic E-state index is 10.6. The number of ether oxygens (including phenoxy) is 1. The van der Waals surface area contributed by atoms with Gasteiger partial charge in [0, 0.05) is 12.6 Å². The van der Waals surface area contributed by atoms with Crippen molar-refractivity contribution in [2.24, 2.45) is 5.92 Å². The van der Waals surface area contributed by atoms with Crippen LogP contribution in [0.15, 0.2) is 0 Å². The first-order chi connectivity index (χ1) is 6.11. The Morgan fingerprint density at radius 1 is 1.77 bits per heavy atom. The van der Waals surface area contributed by atoms with Gasteiger partial charge in [-0.3, -0.25) is 4.79 Å². The summed E-state index contributed by atoms with van der Waals surface area (Å²) in [5.41, 5.74) is 0. The van der Waals surface area contributed by atoms with Crippen LogP contribution in [-0.2, 0) is 9.53 Å². The number of hydrogen-bond acceptors (Lipinski definition) is 3. The van der Waals surface area contributed by atoms with Gasteiger partial charge in [-0.05, 0) is 13.3 Å². The Kier molecular flexibility index (Phi) is 3.69. The Bertz CT molecular complexity index is 184. The molecular weight excluding hydrogens is 170 g/mol. The van der Waals surface area contributed by atoms with Gasteiger partial charge >= 0.3 is 5.97 Å². The summed E-state index contributed by atoms with van der Waals surface area (Å²) in [6.07, 6.45) is 0.756. The molecule has 4 nitrogen and oxygen atoms in total. The lowest BCUT2D eigenvalue weighted by atomic mass is 9.98. The summed E-state index contributed by atoms with van der Waals surface area (Å²) in [4.78, 5) is 10.6. The van der Waals surface area contributed by atoms with Gasteiger partial charge in [-0.25, -0.2) is 0 Å². The maximum Gasteiger partial charge on any atom is 0.306 e. The number of carboxylic acids is 1. The van der Waals surface area contributed by atoms with Crippen LogP contribution in [0.25, 0.3) is 0 Å². The van der Waals surface area contributed by atoms with Crippen LogP contribution in [0, 0.1) is 5.92 Å². The highest BCUT2D eigenvalue weighted by Gasteiger charge is 2.25. The summed E-state index contributed by atoms with van der Waals surface area (Å²) in [6.45, 7) is 5.25. The zero-order valence-electron chi connectivity index (χ0n) is 8.12. The quantitative estimate of drug-likeness (QED) is 0.674. The third-order valence-corrected chi connectivity index (χ3v) is 2.49. The molecule has 1 aliphatic rings. The van der Waals surface area contributed by atoms with E-state index in [0.717, 1.165) is 13.2 Å². The molecule has 0 bridgehead atoms. The van der Waals surface area contributed by atoms with E-state index in [0.29, 0.717) is 6.42 Å². The van der Waals surface area contributed by atoms with Crippen LogP contribution in [0.2, 0.25) is 0 Å². The highest BCUT2D eigenvalue weighted by Crippen LogP contribution is 2.13. The smallest absolute Gasteiger partial charge is 0.306 e. The molecule has 1 heterocycles. The first-order valence-electron chi connectivity index (χ1n) is 4.69. The topological polar surface area (TPSA) is 58.6 Å². The first-order valence-corrected chi connectivity index (χ1v) is 4.69. The molecule has 76 valence electrons. The van der Waals surface area contributed by atoms with Crippen molar-refractivity contribution in [2.75, 3.05) is 13.2 Å². The molecule has 0 radical (unpaired) electrons. The summed E-state index contributed by atoms with van der Waals surface area (Å²) < 4.78 is 5.42. The Balaban J connectivity index is 2.37. The molecule has 3 atom stereocenters. The number of carboxylic acid groups (broad SMARTS) is 1. The minimum atomic E-state index is -0.737. The van der Waals surface area contributed by atoms with Gasteiger partial charge in [0.15, 0.2) is 0 Å². The molecule has 4 heteroatoms. The number of carbonyl (C=O) groups is 1. The zero-order valence-corrected chi connectivity index (χ0v) is 8.12. The Labute approximate surface area is 78.3 Å². The van der Waals surface area contributed by atoms with Gasteiger partial charge in [-0.15, -0.1) is 0 Å². The van der Waals surface area contributed by atoms with E-state index in [1.165, 1.54) is 0 Å². The maximum atomic E-state index is 10.6. The summed E-state index contributed by atoms with van der Waals surface area (Å²) in [7, 11) is 0. The fourth-order valence-electron chi connectivity index (χ4n) is 1.53. The molecular formula is C9H17NO3. The molecule has 2 N–H and O–H groups in total. The second-order valence-corrected chi connectivity index (χ2v) is 3.61. The van der Waals surface area contributed by atoms with E-state index in [9.17, 15) is 4.79 Å². The molecule has 1 rings (SSSR count). The lowest BCUT2D eigenvalue weighted by Crippen LogP contribution is -2.48. The van der Waals surface area contributed by atoms with E-state index < -0.39 is 5.97 Å². The van der Waals surface area contributed by atoms with Crippen molar-refractivity contribution in [3.63, 3.8) is 0 Å². The van der Waals surface area contributed by atoms with Crippen molar-refractivity contribution in [3.8, 4) is 0 Å². The minimum Gasteiger partial charge on any atom is -0.481 e. The fourth-order valence-corrected chi connectivity index (χ4v) is 1.53. The van der Waals surface area contributed by atoms with Gasteiger partial charge in [-0.2, -0.15) is 0 Å².